The first kappa shape index (κ1) is 11.4. The largest absolute Gasteiger partial charge is 0.458 e. The molecular weight excluding hydrogens is 190 g/mol. The Kier molecular flexibility index (Phi) is 4.03. The van der Waals surface area contributed by atoms with E-state index < -0.39 is 0 Å². The maximum absolute atomic E-state index is 11.6. The van der Waals surface area contributed by atoms with E-state index in [4.69, 9.17) is 4.74 Å². The van der Waals surface area contributed by atoms with Crippen LogP contribution in [0, 0.1) is 0 Å². The number of Topliss-reactive ketones (excluding diaryl/α,β-unsaturated/α-hetero) is 1. The van der Waals surface area contributed by atoms with Crippen molar-refractivity contribution in [3.05, 3.63) is 35.9 Å². The van der Waals surface area contributed by atoms with Gasteiger partial charge in [-0.2, -0.15) is 0 Å². The van der Waals surface area contributed by atoms with Crippen LogP contribution >= 0.6 is 0 Å². The molecule has 0 atom stereocenters. The lowest BCUT2D eigenvalue weighted by atomic mass is 10.1. The van der Waals surface area contributed by atoms with Crippen molar-refractivity contribution in [3.63, 3.8) is 0 Å². The number of carbonyl (C=O) groups is 1. The fourth-order valence-electron chi connectivity index (χ4n) is 1.26. The average Bonchev–Trinajstić information content (AvgIpc) is 2.45. The third kappa shape index (κ3) is 2.91. The molecule has 0 radical (unpaired) electrons. The molecule has 1 aliphatic rings. The van der Waals surface area contributed by atoms with Gasteiger partial charge >= 0.3 is 0 Å². The third-order valence-corrected chi connectivity index (χ3v) is 2.13. The predicted octanol–water partition coefficient (Wildman–Crippen LogP) is 2.01. The van der Waals surface area contributed by atoms with Crippen molar-refractivity contribution in [3.8, 4) is 0 Å². The van der Waals surface area contributed by atoms with Gasteiger partial charge in [0, 0.05) is 12.5 Å². The van der Waals surface area contributed by atoms with Crippen LogP contribution in [0.3, 0.4) is 0 Å². The maximum atomic E-state index is 11.6. The zero-order valence-corrected chi connectivity index (χ0v) is 9.36. The molecule has 80 valence electrons. The van der Waals surface area contributed by atoms with Gasteiger partial charge in [0.1, 0.15) is 12.8 Å². The van der Waals surface area contributed by atoms with Crippen molar-refractivity contribution >= 4 is 12.0 Å². The Bertz CT molecular complexity index is 373. The van der Waals surface area contributed by atoms with E-state index >= 15 is 0 Å². The van der Waals surface area contributed by atoms with Gasteiger partial charge in [0.15, 0.2) is 18.3 Å². The van der Waals surface area contributed by atoms with Crippen molar-refractivity contribution in [1.82, 2.24) is 0 Å². The van der Waals surface area contributed by atoms with Crippen LogP contribution in [0.1, 0.15) is 20.3 Å². The van der Waals surface area contributed by atoms with Crippen LogP contribution in [-0.2, 0) is 9.53 Å². The summed E-state index contributed by atoms with van der Waals surface area (Å²) < 4.78 is 7.23. The van der Waals surface area contributed by atoms with Gasteiger partial charge < -0.3 is 4.74 Å². The summed E-state index contributed by atoms with van der Waals surface area (Å²) in [4.78, 5) is 11.6. The van der Waals surface area contributed by atoms with Gasteiger partial charge in [0.25, 0.3) is 0 Å². The number of ketones is 1. The highest BCUT2D eigenvalue weighted by atomic mass is 16.5. The number of rotatable bonds is 3. The molecule has 0 aliphatic carbocycles. The molecule has 0 aromatic heterocycles. The Morgan fingerprint density at radius 2 is 2.33 bits per heavy atom. The van der Waals surface area contributed by atoms with Gasteiger partial charge in [-0.15, -0.1) is 0 Å². The van der Waals surface area contributed by atoms with Crippen LogP contribution in [0.5, 0.6) is 0 Å². The van der Waals surface area contributed by atoms with Gasteiger partial charge in [-0.05, 0) is 6.92 Å². The fraction of sp³-hybridized carbons (Fsp3) is 0.333. The molecule has 0 N–H and O–H groups in total. The number of carbonyl (C=O) groups excluding carboxylic acids is 1. The zero-order valence-electron chi connectivity index (χ0n) is 9.36. The molecule has 1 aliphatic heterocycles. The second kappa shape index (κ2) is 5.29. The molecule has 3 heteroatoms. The second-order valence-corrected chi connectivity index (χ2v) is 3.23. The molecule has 15 heavy (non-hydrogen) atoms. The smallest absolute Gasteiger partial charge is 0.203 e. The lowest BCUT2D eigenvalue weighted by Crippen LogP contribution is -2.04. The van der Waals surface area contributed by atoms with Gasteiger partial charge in [-0.3, -0.25) is 4.79 Å². The summed E-state index contributed by atoms with van der Waals surface area (Å²) in [6.45, 7) is 3.68. The molecule has 0 bridgehead atoms. The predicted molar refractivity (Wildman–Crippen MR) is 59.6 cm³/mol. The normalized spacial score (nSPS) is 16.3. The van der Waals surface area contributed by atoms with Gasteiger partial charge in [-0.25, -0.2) is 4.58 Å². The van der Waals surface area contributed by atoms with Crippen molar-refractivity contribution in [1.29, 1.82) is 0 Å². The average molecular weight is 206 g/mol. The van der Waals surface area contributed by atoms with Gasteiger partial charge in [0.05, 0.1) is 5.57 Å². The standard InChI is InChI=1S/C12H16NO2/c1-4-10(11(14)5-2)12-6-7-13(3)8-9-15-12/h4,6-9H,5H2,1-3H3/q+1/b10-4-. The highest BCUT2D eigenvalue weighted by Gasteiger charge is 2.14. The monoisotopic (exact) mass is 206 g/mol. The minimum absolute atomic E-state index is 0.0927. The molecule has 0 fully saturated rings. The second-order valence-electron chi connectivity index (χ2n) is 3.23. The van der Waals surface area contributed by atoms with Crippen molar-refractivity contribution < 1.29 is 14.1 Å². The Morgan fingerprint density at radius 3 is 2.93 bits per heavy atom. The van der Waals surface area contributed by atoms with E-state index in [9.17, 15) is 4.79 Å². The summed E-state index contributed by atoms with van der Waals surface area (Å²) in [7, 11) is 1.90. The van der Waals surface area contributed by atoms with Crippen LogP contribution in [0.25, 0.3) is 0 Å². The molecule has 0 amide bonds. The summed E-state index contributed by atoms with van der Waals surface area (Å²) in [6, 6.07) is 0. The number of hydrogen-bond acceptors (Lipinski definition) is 2. The van der Waals surface area contributed by atoms with E-state index in [2.05, 4.69) is 0 Å². The first-order valence-electron chi connectivity index (χ1n) is 4.99. The topological polar surface area (TPSA) is 29.3 Å². The Morgan fingerprint density at radius 1 is 1.60 bits per heavy atom. The Hall–Kier alpha value is -1.64. The minimum Gasteiger partial charge on any atom is -0.458 e. The van der Waals surface area contributed by atoms with E-state index in [0.29, 0.717) is 17.8 Å². The van der Waals surface area contributed by atoms with Crippen LogP contribution in [0.15, 0.2) is 35.9 Å². The van der Waals surface area contributed by atoms with E-state index in [-0.39, 0.29) is 5.78 Å². The van der Waals surface area contributed by atoms with Crippen LogP contribution < -0.4 is 0 Å². The van der Waals surface area contributed by atoms with Crippen LogP contribution in [0.2, 0.25) is 0 Å². The molecule has 3 nitrogen and oxygen atoms in total. The molecule has 0 saturated heterocycles. The van der Waals surface area contributed by atoms with Crippen molar-refractivity contribution in [2.75, 3.05) is 7.05 Å². The molecule has 0 spiro atoms. The summed E-state index contributed by atoms with van der Waals surface area (Å²) in [5.41, 5.74) is 0.633. The molecular formula is C12H16NO2+. The molecule has 0 aromatic rings. The summed E-state index contributed by atoms with van der Waals surface area (Å²) in [5, 5.41) is 0. The number of nitrogens with zero attached hydrogens (tertiary/aromatic N) is 1. The van der Waals surface area contributed by atoms with Gasteiger partial charge in [-0.1, -0.05) is 13.0 Å². The molecule has 0 unspecified atom stereocenters. The van der Waals surface area contributed by atoms with E-state index in [1.165, 1.54) is 0 Å². The highest BCUT2D eigenvalue weighted by molar-refractivity contribution is 5.99. The maximum Gasteiger partial charge on any atom is 0.203 e. The summed E-state index contributed by atoms with van der Waals surface area (Å²) >= 11 is 0. The van der Waals surface area contributed by atoms with E-state index in [0.717, 1.165) is 0 Å². The Labute approximate surface area is 90.1 Å². The summed E-state index contributed by atoms with van der Waals surface area (Å²) in [5.74, 6) is 0.694. The van der Waals surface area contributed by atoms with Crippen LogP contribution in [0.4, 0.5) is 0 Å². The molecule has 1 heterocycles. The first-order chi connectivity index (χ1) is 7.19. The van der Waals surface area contributed by atoms with Crippen molar-refractivity contribution in [2.45, 2.75) is 20.3 Å². The van der Waals surface area contributed by atoms with E-state index in [1.54, 1.807) is 24.6 Å². The SMILES string of the molecule is C/C=C(/C(=O)CC)C1=CC=[N+](C)C=CO1. The molecule has 0 saturated carbocycles. The van der Waals surface area contributed by atoms with E-state index in [1.807, 2.05) is 31.7 Å². The molecule has 1 rings (SSSR count). The summed E-state index contributed by atoms with van der Waals surface area (Å²) in [6.07, 6.45) is 9.27. The third-order valence-electron chi connectivity index (χ3n) is 2.13. The zero-order chi connectivity index (χ0) is 11.3. The lowest BCUT2D eigenvalue weighted by Gasteiger charge is -2.06. The lowest BCUT2D eigenvalue weighted by molar-refractivity contribution is -0.416. The molecule has 0 aromatic carbocycles. The first-order valence-corrected chi connectivity index (χ1v) is 4.99. The minimum atomic E-state index is 0.0927. The Balaban J connectivity index is 2.97. The quantitative estimate of drug-likeness (QED) is 0.522. The number of allylic oxidation sites excluding steroid dienone is 3. The number of ether oxygens (including phenoxy) is 1. The van der Waals surface area contributed by atoms with Gasteiger partial charge in [0.2, 0.25) is 6.20 Å². The van der Waals surface area contributed by atoms with Crippen LogP contribution in [-0.4, -0.2) is 23.6 Å². The fourth-order valence-corrected chi connectivity index (χ4v) is 1.26. The van der Waals surface area contributed by atoms with Crippen molar-refractivity contribution in [2.24, 2.45) is 0 Å². The highest BCUT2D eigenvalue weighted by Crippen LogP contribution is 2.15. The number of hydrogen-bond donors (Lipinski definition) is 0.